The van der Waals surface area contributed by atoms with Crippen LogP contribution >= 0.6 is 0 Å². The van der Waals surface area contributed by atoms with E-state index >= 15 is 0 Å². The van der Waals surface area contributed by atoms with E-state index in [4.69, 9.17) is 10.2 Å². The van der Waals surface area contributed by atoms with Crippen LogP contribution in [-0.4, -0.2) is 45.3 Å². The normalized spacial score (nSPS) is 15.7. The number of carbonyl (C=O) groups is 1. The van der Waals surface area contributed by atoms with Crippen molar-refractivity contribution in [2.45, 2.75) is 31.8 Å². The monoisotopic (exact) mass is 250 g/mol. The van der Waals surface area contributed by atoms with E-state index in [1.165, 1.54) is 12.5 Å². The van der Waals surface area contributed by atoms with Crippen LogP contribution in [0.2, 0.25) is 0 Å². The molecule has 0 spiro atoms. The van der Waals surface area contributed by atoms with Crippen LogP contribution in [-0.2, 0) is 6.54 Å². The Morgan fingerprint density at radius 2 is 2.22 bits per heavy atom. The number of aliphatic hydroxyl groups is 1. The molecule has 1 aromatic rings. The standard InChI is InChI=1S/C13H18N2O3/c16-8-7-15(11-4-2-5-11)9-10-3-1-6-12(14-10)13(17)18/h1,3,6,11,16H,2,4-5,7-9H2,(H,17,18). The van der Waals surface area contributed by atoms with Crippen LogP contribution in [0, 0.1) is 0 Å². The predicted molar refractivity (Wildman–Crippen MR) is 66.3 cm³/mol. The molecule has 0 aromatic carbocycles. The fourth-order valence-corrected chi connectivity index (χ4v) is 2.17. The molecular weight excluding hydrogens is 232 g/mol. The number of nitrogens with zero attached hydrogens (tertiary/aromatic N) is 2. The van der Waals surface area contributed by atoms with Crippen LogP contribution in [0.4, 0.5) is 0 Å². The lowest BCUT2D eigenvalue weighted by molar-refractivity contribution is 0.0688. The number of rotatable bonds is 6. The summed E-state index contributed by atoms with van der Waals surface area (Å²) in [6.07, 6.45) is 3.53. The maximum absolute atomic E-state index is 10.8. The van der Waals surface area contributed by atoms with Crippen LogP contribution in [0.3, 0.4) is 0 Å². The third-order valence-electron chi connectivity index (χ3n) is 3.37. The molecule has 1 saturated carbocycles. The molecule has 2 N–H and O–H groups in total. The molecular formula is C13H18N2O3. The second-order valence-corrected chi connectivity index (χ2v) is 4.60. The molecule has 2 rings (SSSR count). The molecule has 0 unspecified atom stereocenters. The average Bonchev–Trinajstić information content (AvgIpc) is 2.27. The summed E-state index contributed by atoms with van der Waals surface area (Å²) < 4.78 is 0. The molecule has 0 saturated heterocycles. The summed E-state index contributed by atoms with van der Waals surface area (Å²) in [6.45, 7) is 1.34. The highest BCUT2D eigenvalue weighted by molar-refractivity contribution is 5.85. The molecule has 0 radical (unpaired) electrons. The summed E-state index contributed by atoms with van der Waals surface area (Å²) in [4.78, 5) is 17.1. The third kappa shape index (κ3) is 3.05. The smallest absolute Gasteiger partial charge is 0.354 e. The van der Waals surface area contributed by atoms with Crippen LogP contribution in [0.15, 0.2) is 18.2 Å². The molecule has 1 aliphatic carbocycles. The zero-order chi connectivity index (χ0) is 13.0. The molecule has 1 fully saturated rings. The van der Waals surface area contributed by atoms with E-state index in [0.29, 0.717) is 19.1 Å². The number of hydrogen-bond acceptors (Lipinski definition) is 4. The van der Waals surface area contributed by atoms with E-state index in [2.05, 4.69) is 9.88 Å². The second kappa shape index (κ2) is 5.93. The number of carboxylic acid groups (broad SMARTS) is 1. The summed E-state index contributed by atoms with van der Waals surface area (Å²) in [5.41, 5.74) is 0.820. The van der Waals surface area contributed by atoms with Crippen LogP contribution < -0.4 is 0 Å². The fraction of sp³-hybridized carbons (Fsp3) is 0.538. The highest BCUT2D eigenvalue weighted by Crippen LogP contribution is 2.25. The molecule has 98 valence electrons. The number of carboxylic acids is 1. The van der Waals surface area contributed by atoms with E-state index in [9.17, 15) is 4.79 Å². The highest BCUT2D eigenvalue weighted by atomic mass is 16.4. The minimum absolute atomic E-state index is 0.0741. The van der Waals surface area contributed by atoms with Gasteiger partial charge in [-0.25, -0.2) is 9.78 Å². The number of aromatic nitrogens is 1. The number of hydrogen-bond donors (Lipinski definition) is 2. The molecule has 0 aliphatic heterocycles. The van der Waals surface area contributed by atoms with Crippen molar-refractivity contribution in [1.82, 2.24) is 9.88 Å². The Kier molecular flexibility index (Phi) is 4.28. The first-order valence-electron chi connectivity index (χ1n) is 6.25. The first kappa shape index (κ1) is 13.0. The first-order chi connectivity index (χ1) is 8.70. The van der Waals surface area contributed by atoms with E-state index in [0.717, 1.165) is 18.5 Å². The lowest BCUT2D eigenvalue weighted by atomic mass is 9.91. The summed E-state index contributed by atoms with van der Waals surface area (Å²) in [7, 11) is 0. The Labute approximate surface area is 106 Å². The van der Waals surface area contributed by atoms with Gasteiger partial charge in [-0.15, -0.1) is 0 Å². The van der Waals surface area contributed by atoms with E-state index in [1.807, 2.05) is 6.07 Å². The topological polar surface area (TPSA) is 73.7 Å². The van der Waals surface area contributed by atoms with Gasteiger partial charge in [-0.2, -0.15) is 0 Å². The molecule has 0 bridgehead atoms. The molecule has 1 heterocycles. The molecule has 5 heteroatoms. The van der Waals surface area contributed by atoms with Crippen molar-refractivity contribution in [3.8, 4) is 0 Å². The van der Waals surface area contributed by atoms with Crippen molar-refractivity contribution in [3.05, 3.63) is 29.6 Å². The Hall–Kier alpha value is -1.46. The first-order valence-corrected chi connectivity index (χ1v) is 6.25. The lowest BCUT2D eigenvalue weighted by Crippen LogP contribution is -2.41. The van der Waals surface area contributed by atoms with Gasteiger partial charge in [0.1, 0.15) is 5.69 Å². The second-order valence-electron chi connectivity index (χ2n) is 4.60. The average molecular weight is 250 g/mol. The van der Waals surface area contributed by atoms with Crippen molar-refractivity contribution in [3.63, 3.8) is 0 Å². The van der Waals surface area contributed by atoms with Gasteiger partial charge in [-0.05, 0) is 25.0 Å². The fourth-order valence-electron chi connectivity index (χ4n) is 2.17. The van der Waals surface area contributed by atoms with Crippen molar-refractivity contribution >= 4 is 5.97 Å². The molecule has 1 aliphatic rings. The molecule has 18 heavy (non-hydrogen) atoms. The van der Waals surface area contributed by atoms with Gasteiger partial charge in [-0.1, -0.05) is 12.5 Å². The van der Waals surface area contributed by atoms with Gasteiger partial charge in [0.2, 0.25) is 0 Å². The Balaban J connectivity index is 2.05. The van der Waals surface area contributed by atoms with Crippen molar-refractivity contribution in [2.24, 2.45) is 0 Å². The van der Waals surface area contributed by atoms with Crippen LogP contribution in [0.5, 0.6) is 0 Å². The minimum atomic E-state index is -1.01. The highest BCUT2D eigenvalue weighted by Gasteiger charge is 2.24. The van der Waals surface area contributed by atoms with Gasteiger partial charge >= 0.3 is 5.97 Å². The van der Waals surface area contributed by atoms with Crippen molar-refractivity contribution in [1.29, 1.82) is 0 Å². The van der Waals surface area contributed by atoms with Gasteiger partial charge < -0.3 is 10.2 Å². The summed E-state index contributed by atoms with van der Waals surface area (Å²) in [5, 5.41) is 18.0. The SMILES string of the molecule is O=C(O)c1cccc(CN(CCO)C2CCC2)n1. The summed E-state index contributed by atoms with van der Waals surface area (Å²) in [6, 6.07) is 5.54. The van der Waals surface area contributed by atoms with Crippen molar-refractivity contribution < 1.29 is 15.0 Å². The van der Waals surface area contributed by atoms with Crippen LogP contribution in [0.25, 0.3) is 0 Å². The van der Waals surface area contributed by atoms with Gasteiger partial charge in [0.15, 0.2) is 0 Å². The zero-order valence-corrected chi connectivity index (χ0v) is 10.2. The minimum Gasteiger partial charge on any atom is -0.477 e. The van der Waals surface area contributed by atoms with Gasteiger partial charge in [0, 0.05) is 19.1 Å². The largest absolute Gasteiger partial charge is 0.477 e. The maximum Gasteiger partial charge on any atom is 0.354 e. The Bertz CT molecular complexity index is 418. The molecule has 1 aromatic heterocycles. The number of pyridine rings is 1. The van der Waals surface area contributed by atoms with E-state index < -0.39 is 5.97 Å². The van der Waals surface area contributed by atoms with E-state index in [-0.39, 0.29) is 12.3 Å². The predicted octanol–water partition coefficient (Wildman–Crippen LogP) is 1.13. The summed E-state index contributed by atoms with van der Waals surface area (Å²) in [5.74, 6) is -1.01. The Morgan fingerprint density at radius 1 is 1.44 bits per heavy atom. The summed E-state index contributed by atoms with van der Waals surface area (Å²) >= 11 is 0. The van der Waals surface area contributed by atoms with Crippen molar-refractivity contribution in [2.75, 3.05) is 13.2 Å². The van der Waals surface area contributed by atoms with Gasteiger partial charge in [-0.3, -0.25) is 4.90 Å². The Morgan fingerprint density at radius 3 is 2.78 bits per heavy atom. The van der Waals surface area contributed by atoms with E-state index in [1.54, 1.807) is 6.07 Å². The molecule has 5 nitrogen and oxygen atoms in total. The third-order valence-corrected chi connectivity index (χ3v) is 3.37. The maximum atomic E-state index is 10.8. The zero-order valence-electron chi connectivity index (χ0n) is 10.2. The van der Waals surface area contributed by atoms with Gasteiger partial charge in [0.25, 0.3) is 0 Å². The number of aliphatic hydroxyl groups excluding tert-OH is 1. The lowest BCUT2D eigenvalue weighted by Gasteiger charge is -2.37. The molecule has 0 amide bonds. The number of aromatic carboxylic acids is 1. The van der Waals surface area contributed by atoms with Gasteiger partial charge in [0.05, 0.1) is 12.3 Å². The quantitative estimate of drug-likeness (QED) is 0.791. The molecule has 0 atom stereocenters. The van der Waals surface area contributed by atoms with Crippen LogP contribution in [0.1, 0.15) is 35.4 Å².